The topological polar surface area (TPSA) is 66.6 Å². The Bertz CT molecular complexity index is 1250. The second-order valence-electron chi connectivity index (χ2n) is 7.40. The largest absolute Gasteiger partial charge is 0.493 e. The summed E-state index contributed by atoms with van der Waals surface area (Å²) in [7, 11) is 3.17. The van der Waals surface area contributed by atoms with Crippen molar-refractivity contribution >= 4 is 22.7 Å². The normalized spacial score (nSPS) is 15.1. The Morgan fingerprint density at radius 3 is 2.26 bits per heavy atom. The predicted octanol–water partition coefficient (Wildman–Crippen LogP) is 5.80. The van der Waals surface area contributed by atoms with Crippen molar-refractivity contribution in [2.24, 2.45) is 4.99 Å². The highest BCUT2D eigenvalue weighted by atomic mass is 16.5. The maximum atomic E-state index is 10.1. The van der Waals surface area contributed by atoms with Crippen LogP contribution in [0.4, 0.5) is 11.4 Å². The fraction of sp³-hybridized carbons (Fsp3) is 0.154. The summed E-state index contributed by atoms with van der Waals surface area (Å²) >= 11 is 0. The minimum Gasteiger partial charge on any atom is -0.493 e. The highest BCUT2D eigenvalue weighted by Gasteiger charge is 2.27. The van der Waals surface area contributed by atoms with Gasteiger partial charge in [-0.1, -0.05) is 29.3 Å². The van der Waals surface area contributed by atoms with Crippen LogP contribution in [0.3, 0.4) is 0 Å². The molecule has 3 aromatic rings. The van der Waals surface area contributed by atoms with Crippen molar-refractivity contribution in [3.63, 3.8) is 0 Å². The number of hydrogen-bond donors (Lipinski definition) is 1. The molecule has 0 atom stereocenters. The van der Waals surface area contributed by atoms with Crippen LogP contribution in [-0.2, 0) is 0 Å². The van der Waals surface area contributed by atoms with Crippen molar-refractivity contribution < 1.29 is 9.47 Å². The number of ether oxygens (including phenoxy) is 2. The lowest BCUT2D eigenvalue weighted by Crippen LogP contribution is -2.06. The monoisotopic (exact) mass is 409 g/mol. The summed E-state index contributed by atoms with van der Waals surface area (Å²) in [6.07, 6.45) is 0. The number of nitrogens with one attached hydrogen (secondary N) is 1. The number of allylic oxidation sites excluding steroid dienone is 2. The van der Waals surface area contributed by atoms with Gasteiger partial charge in [0.05, 0.1) is 36.9 Å². The zero-order chi connectivity index (χ0) is 22.0. The quantitative estimate of drug-likeness (QED) is 0.553. The average molecular weight is 409 g/mol. The molecule has 5 heteroatoms. The van der Waals surface area contributed by atoms with Crippen LogP contribution in [0.15, 0.2) is 71.4 Å². The number of aliphatic imine (C=N–C) groups is 1. The number of methoxy groups -OCH3 is 2. The van der Waals surface area contributed by atoms with Crippen molar-refractivity contribution in [2.75, 3.05) is 19.5 Å². The molecule has 0 aliphatic carbocycles. The first-order chi connectivity index (χ1) is 15.0. The number of anilines is 1. The Labute approximate surface area is 182 Å². The zero-order valence-electron chi connectivity index (χ0n) is 18.0. The van der Waals surface area contributed by atoms with E-state index in [0.717, 1.165) is 33.8 Å². The third-order valence-electron chi connectivity index (χ3n) is 5.24. The lowest BCUT2D eigenvalue weighted by molar-refractivity contribution is 0.355. The highest BCUT2D eigenvalue weighted by Crippen LogP contribution is 2.37. The second kappa shape index (κ2) is 8.37. The predicted molar refractivity (Wildman–Crippen MR) is 124 cm³/mol. The molecule has 154 valence electrons. The Balaban J connectivity index is 1.93. The molecule has 1 heterocycles. The molecule has 5 nitrogen and oxygen atoms in total. The summed E-state index contributed by atoms with van der Waals surface area (Å²) < 4.78 is 10.8. The van der Waals surface area contributed by atoms with Crippen LogP contribution in [-0.4, -0.2) is 19.9 Å². The Kier molecular flexibility index (Phi) is 5.46. The van der Waals surface area contributed by atoms with E-state index in [1.165, 1.54) is 5.56 Å². The number of fused-ring (bicyclic) bond motifs is 1. The van der Waals surface area contributed by atoms with E-state index < -0.39 is 0 Å². The maximum absolute atomic E-state index is 10.1. The molecule has 0 saturated heterocycles. The van der Waals surface area contributed by atoms with E-state index >= 15 is 0 Å². The minimum absolute atomic E-state index is 0.487. The lowest BCUT2D eigenvalue weighted by Gasteiger charge is -2.11. The van der Waals surface area contributed by atoms with Crippen LogP contribution in [0.2, 0.25) is 0 Å². The Hall–Kier alpha value is -4.04. The fourth-order valence-electron chi connectivity index (χ4n) is 3.59. The van der Waals surface area contributed by atoms with Crippen LogP contribution < -0.4 is 14.8 Å². The molecule has 0 spiro atoms. The minimum atomic E-state index is 0.487. The molecule has 0 fully saturated rings. The van der Waals surface area contributed by atoms with E-state index in [0.29, 0.717) is 22.8 Å². The van der Waals surface area contributed by atoms with Crippen LogP contribution in [0.5, 0.6) is 11.5 Å². The smallest absolute Gasteiger partial charge is 0.161 e. The van der Waals surface area contributed by atoms with E-state index in [9.17, 15) is 5.26 Å². The average Bonchev–Trinajstić information content (AvgIpc) is 3.12. The van der Waals surface area contributed by atoms with Crippen molar-refractivity contribution in [1.82, 2.24) is 0 Å². The fourth-order valence-corrected chi connectivity index (χ4v) is 3.59. The van der Waals surface area contributed by atoms with E-state index in [1.54, 1.807) is 20.3 Å². The van der Waals surface area contributed by atoms with Gasteiger partial charge < -0.3 is 14.8 Å². The molecule has 0 radical (unpaired) electrons. The van der Waals surface area contributed by atoms with E-state index in [-0.39, 0.29) is 0 Å². The molecule has 3 aromatic carbocycles. The van der Waals surface area contributed by atoms with E-state index in [1.807, 2.05) is 62.4 Å². The van der Waals surface area contributed by atoms with Gasteiger partial charge in [0.2, 0.25) is 0 Å². The zero-order valence-corrected chi connectivity index (χ0v) is 18.0. The van der Waals surface area contributed by atoms with Gasteiger partial charge in [0.1, 0.15) is 6.07 Å². The second-order valence-corrected chi connectivity index (χ2v) is 7.40. The van der Waals surface area contributed by atoms with Gasteiger partial charge >= 0.3 is 0 Å². The number of rotatable bonds is 4. The molecule has 0 amide bonds. The highest BCUT2D eigenvalue weighted by molar-refractivity contribution is 6.26. The van der Waals surface area contributed by atoms with Gasteiger partial charge in [0, 0.05) is 11.3 Å². The first-order valence-corrected chi connectivity index (χ1v) is 9.94. The van der Waals surface area contributed by atoms with Gasteiger partial charge in [-0.2, -0.15) is 5.26 Å². The van der Waals surface area contributed by atoms with E-state index in [4.69, 9.17) is 14.5 Å². The van der Waals surface area contributed by atoms with Crippen LogP contribution in [0.25, 0.3) is 5.57 Å². The first kappa shape index (κ1) is 20.2. The Morgan fingerprint density at radius 1 is 0.871 bits per heavy atom. The number of aryl methyl sites for hydroxylation is 2. The van der Waals surface area contributed by atoms with Gasteiger partial charge in [-0.25, -0.2) is 4.99 Å². The molecule has 1 N–H and O–H groups in total. The molecule has 1 aliphatic heterocycles. The van der Waals surface area contributed by atoms with Crippen molar-refractivity contribution in [2.45, 2.75) is 13.8 Å². The van der Waals surface area contributed by atoms with Crippen LogP contribution in [0, 0.1) is 25.2 Å². The van der Waals surface area contributed by atoms with Gasteiger partial charge in [-0.05, 0) is 61.9 Å². The van der Waals surface area contributed by atoms with Crippen molar-refractivity contribution in [3.8, 4) is 17.6 Å². The Morgan fingerprint density at radius 2 is 1.58 bits per heavy atom. The summed E-state index contributed by atoms with van der Waals surface area (Å²) in [5.74, 6) is 1.18. The third kappa shape index (κ3) is 3.88. The number of nitriles is 1. The van der Waals surface area contributed by atoms with Gasteiger partial charge in [0.15, 0.2) is 11.5 Å². The summed E-state index contributed by atoms with van der Waals surface area (Å²) in [6.45, 7) is 4.09. The molecule has 4 rings (SSSR count). The van der Waals surface area contributed by atoms with E-state index in [2.05, 4.69) is 17.5 Å². The van der Waals surface area contributed by atoms with Gasteiger partial charge in [0.25, 0.3) is 0 Å². The molecule has 31 heavy (non-hydrogen) atoms. The molecule has 1 aliphatic rings. The maximum Gasteiger partial charge on any atom is 0.161 e. The molecule has 0 saturated carbocycles. The van der Waals surface area contributed by atoms with Crippen LogP contribution >= 0.6 is 0 Å². The SMILES string of the molecule is COc1ccc(/C(C#N)=C2\Nc3ccc(C)cc3C2=Nc2ccc(C)cc2)cc1OC. The molecule has 0 aromatic heterocycles. The number of nitrogens with zero attached hydrogens (tertiary/aromatic N) is 2. The standard InChI is InChI=1S/C26H23N3O2/c1-16-5-9-19(10-6-16)28-25-20-13-17(2)7-11-22(20)29-26(25)21(15-27)18-8-12-23(30-3)24(14-18)31-4/h5-14,29H,1-4H3/b26-21-,28-25?. The van der Waals surface area contributed by atoms with Gasteiger partial charge in [-0.15, -0.1) is 0 Å². The van der Waals surface area contributed by atoms with Crippen LogP contribution in [0.1, 0.15) is 22.3 Å². The van der Waals surface area contributed by atoms with Crippen molar-refractivity contribution in [1.29, 1.82) is 5.26 Å². The molecule has 0 unspecified atom stereocenters. The third-order valence-corrected chi connectivity index (χ3v) is 5.24. The number of hydrogen-bond acceptors (Lipinski definition) is 5. The lowest BCUT2D eigenvalue weighted by atomic mass is 10.00. The summed E-state index contributed by atoms with van der Waals surface area (Å²) in [4.78, 5) is 4.92. The van der Waals surface area contributed by atoms with Gasteiger partial charge in [-0.3, -0.25) is 0 Å². The molecular formula is C26H23N3O2. The summed E-state index contributed by atoms with van der Waals surface area (Å²) in [5.41, 5.74) is 7.67. The summed E-state index contributed by atoms with van der Waals surface area (Å²) in [5, 5.41) is 13.5. The molecule has 0 bridgehead atoms. The number of benzene rings is 3. The summed E-state index contributed by atoms with van der Waals surface area (Å²) in [6, 6.07) is 22.0. The van der Waals surface area contributed by atoms with Crippen molar-refractivity contribution in [3.05, 3.63) is 88.6 Å². The first-order valence-electron chi connectivity index (χ1n) is 9.94. The molecular weight excluding hydrogens is 386 g/mol.